The van der Waals surface area contributed by atoms with Crippen LogP contribution in [-0.4, -0.2) is 36.3 Å². The minimum atomic E-state index is -3.67. The average Bonchev–Trinajstić information content (AvgIpc) is 2.65. The lowest BCUT2D eigenvalue weighted by Crippen LogP contribution is -2.42. The molecule has 2 aromatic carbocycles. The molecule has 1 aliphatic rings. The van der Waals surface area contributed by atoms with Crippen molar-refractivity contribution in [3.05, 3.63) is 53.1 Å². The zero-order valence-electron chi connectivity index (χ0n) is 16.4. The summed E-state index contributed by atoms with van der Waals surface area (Å²) in [6.07, 6.45) is 2.70. The van der Waals surface area contributed by atoms with Crippen molar-refractivity contribution in [2.24, 2.45) is 0 Å². The standard InChI is InChI=1S/C21H26N2O4S/c1-14-10-11-17(28(26,27)23-12-5-4-8-16(23)3)13-18(14)21(25)22-19-9-6-7-15(2)20(19)24/h6-7,9-11,13,16,24H,4-5,8,12H2,1-3H3,(H,22,25). The van der Waals surface area contributed by atoms with E-state index in [1.165, 1.54) is 10.4 Å². The van der Waals surface area contributed by atoms with E-state index >= 15 is 0 Å². The largest absolute Gasteiger partial charge is 0.505 e. The number of sulfonamides is 1. The topological polar surface area (TPSA) is 86.7 Å². The van der Waals surface area contributed by atoms with Gasteiger partial charge in [-0.1, -0.05) is 24.6 Å². The van der Waals surface area contributed by atoms with Crippen molar-refractivity contribution in [2.45, 2.75) is 51.0 Å². The van der Waals surface area contributed by atoms with E-state index in [1.54, 1.807) is 44.2 Å². The zero-order valence-corrected chi connectivity index (χ0v) is 17.2. The monoisotopic (exact) mass is 402 g/mol. The summed E-state index contributed by atoms with van der Waals surface area (Å²) < 4.78 is 27.7. The summed E-state index contributed by atoms with van der Waals surface area (Å²) in [6, 6.07) is 9.64. The summed E-state index contributed by atoms with van der Waals surface area (Å²) >= 11 is 0. The molecule has 0 aliphatic carbocycles. The van der Waals surface area contributed by atoms with Gasteiger partial charge in [-0.05, 0) is 62.9 Å². The number of benzene rings is 2. The molecule has 0 spiro atoms. The fraction of sp³-hybridized carbons (Fsp3) is 0.381. The highest BCUT2D eigenvalue weighted by Crippen LogP contribution is 2.29. The molecule has 2 aromatic rings. The van der Waals surface area contributed by atoms with Gasteiger partial charge in [0.25, 0.3) is 5.91 Å². The second kappa shape index (κ2) is 7.93. The number of hydrogen-bond acceptors (Lipinski definition) is 4. The average molecular weight is 403 g/mol. The number of carbonyl (C=O) groups excluding carboxylic acids is 1. The van der Waals surface area contributed by atoms with Crippen molar-refractivity contribution in [3.8, 4) is 5.75 Å². The molecule has 6 nitrogen and oxygen atoms in total. The number of para-hydroxylation sites is 1. The van der Waals surface area contributed by atoms with E-state index in [9.17, 15) is 18.3 Å². The number of anilines is 1. The van der Waals surface area contributed by atoms with Crippen LogP contribution in [0.5, 0.6) is 5.75 Å². The number of amides is 1. The molecule has 28 heavy (non-hydrogen) atoms. The number of phenols is 1. The van der Waals surface area contributed by atoms with Gasteiger partial charge in [-0.25, -0.2) is 8.42 Å². The summed E-state index contributed by atoms with van der Waals surface area (Å²) in [6.45, 7) is 5.91. The van der Waals surface area contributed by atoms with Gasteiger partial charge in [0.2, 0.25) is 10.0 Å². The summed E-state index contributed by atoms with van der Waals surface area (Å²) in [4.78, 5) is 12.9. The van der Waals surface area contributed by atoms with Gasteiger partial charge in [-0.3, -0.25) is 4.79 Å². The van der Waals surface area contributed by atoms with Gasteiger partial charge in [0.1, 0.15) is 5.75 Å². The van der Waals surface area contributed by atoms with E-state index in [-0.39, 0.29) is 22.3 Å². The van der Waals surface area contributed by atoms with Crippen molar-refractivity contribution < 1.29 is 18.3 Å². The van der Waals surface area contributed by atoms with Crippen LogP contribution in [0, 0.1) is 13.8 Å². The Labute approximate surface area is 166 Å². The normalized spacial score (nSPS) is 18.0. The van der Waals surface area contributed by atoms with Crippen molar-refractivity contribution >= 4 is 21.6 Å². The highest BCUT2D eigenvalue weighted by Gasteiger charge is 2.31. The molecule has 7 heteroatoms. The maximum absolute atomic E-state index is 13.1. The number of nitrogens with zero attached hydrogens (tertiary/aromatic N) is 1. The molecule has 0 saturated carbocycles. The number of aromatic hydroxyl groups is 1. The van der Waals surface area contributed by atoms with Crippen LogP contribution in [0.1, 0.15) is 47.7 Å². The highest BCUT2D eigenvalue weighted by molar-refractivity contribution is 7.89. The van der Waals surface area contributed by atoms with Crippen LogP contribution in [0.15, 0.2) is 41.3 Å². The molecular weight excluding hydrogens is 376 g/mol. The van der Waals surface area contributed by atoms with Crippen LogP contribution < -0.4 is 5.32 Å². The molecule has 1 amide bonds. The summed E-state index contributed by atoms with van der Waals surface area (Å²) in [5.41, 5.74) is 1.87. The van der Waals surface area contributed by atoms with E-state index < -0.39 is 15.9 Å². The lowest BCUT2D eigenvalue weighted by atomic mass is 10.1. The molecule has 1 aliphatic heterocycles. The smallest absolute Gasteiger partial charge is 0.256 e. The van der Waals surface area contributed by atoms with Gasteiger partial charge >= 0.3 is 0 Å². The summed E-state index contributed by atoms with van der Waals surface area (Å²) in [5.74, 6) is -0.457. The molecule has 1 atom stereocenters. The van der Waals surface area contributed by atoms with E-state index in [2.05, 4.69) is 5.32 Å². The van der Waals surface area contributed by atoms with E-state index in [0.717, 1.165) is 19.3 Å². The number of carbonyl (C=O) groups is 1. The predicted octanol–water partition coefficient (Wildman–Crippen LogP) is 3.82. The Bertz CT molecular complexity index is 1000. The number of piperidine rings is 1. The van der Waals surface area contributed by atoms with Gasteiger partial charge in [0.15, 0.2) is 0 Å². The Morgan fingerprint density at radius 3 is 2.61 bits per heavy atom. The van der Waals surface area contributed by atoms with Crippen LogP contribution in [0.2, 0.25) is 0 Å². The molecule has 0 bridgehead atoms. The third-order valence-corrected chi connectivity index (χ3v) is 7.30. The molecule has 1 fully saturated rings. The first-order valence-corrected chi connectivity index (χ1v) is 10.9. The first-order valence-electron chi connectivity index (χ1n) is 9.44. The van der Waals surface area contributed by atoms with Crippen LogP contribution in [0.25, 0.3) is 0 Å². The highest BCUT2D eigenvalue weighted by atomic mass is 32.2. The van der Waals surface area contributed by atoms with Gasteiger partial charge < -0.3 is 10.4 Å². The number of hydrogen-bond donors (Lipinski definition) is 2. The molecule has 2 N–H and O–H groups in total. The second-order valence-electron chi connectivity index (χ2n) is 7.36. The van der Waals surface area contributed by atoms with Crippen molar-refractivity contribution in [2.75, 3.05) is 11.9 Å². The molecule has 150 valence electrons. The second-order valence-corrected chi connectivity index (χ2v) is 9.25. The fourth-order valence-electron chi connectivity index (χ4n) is 3.52. The summed E-state index contributed by atoms with van der Waals surface area (Å²) in [5, 5.41) is 12.8. The maximum Gasteiger partial charge on any atom is 0.256 e. The van der Waals surface area contributed by atoms with Crippen molar-refractivity contribution in [1.82, 2.24) is 4.31 Å². The fourth-order valence-corrected chi connectivity index (χ4v) is 5.25. The first-order chi connectivity index (χ1) is 13.2. The molecule has 0 aromatic heterocycles. The van der Waals surface area contributed by atoms with E-state index in [1.807, 2.05) is 6.92 Å². The number of rotatable bonds is 4. The minimum absolute atomic E-state index is 0.000536. The zero-order chi connectivity index (χ0) is 20.5. The van der Waals surface area contributed by atoms with Crippen LogP contribution >= 0.6 is 0 Å². The van der Waals surface area contributed by atoms with Crippen molar-refractivity contribution in [3.63, 3.8) is 0 Å². The third kappa shape index (κ3) is 3.91. The quantitative estimate of drug-likeness (QED) is 0.761. The maximum atomic E-state index is 13.1. The Balaban J connectivity index is 1.93. The lowest BCUT2D eigenvalue weighted by molar-refractivity contribution is 0.102. The lowest BCUT2D eigenvalue weighted by Gasteiger charge is -2.32. The summed E-state index contributed by atoms with van der Waals surface area (Å²) in [7, 11) is -3.67. The van der Waals surface area contributed by atoms with Crippen LogP contribution in [0.3, 0.4) is 0 Å². The molecule has 1 heterocycles. The minimum Gasteiger partial charge on any atom is -0.505 e. The van der Waals surface area contributed by atoms with Gasteiger partial charge in [-0.2, -0.15) is 4.31 Å². The molecule has 0 radical (unpaired) electrons. The molecular formula is C21H26N2O4S. The third-order valence-electron chi connectivity index (χ3n) is 5.29. The van der Waals surface area contributed by atoms with Crippen LogP contribution in [0.4, 0.5) is 5.69 Å². The van der Waals surface area contributed by atoms with Crippen molar-refractivity contribution in [1.29, 1.82) is 0 Å². The molecule has 1 unspecified atom stereocenters. The van der Waals surface area contributed by atoms with Gasteiger partial charge in [0.05, 0.1) is 10.6 Å². The molecule has 1 saturated heterocycles. The predicted molar refractivity (Wildman–Crippen MR) is 109 cm³/mol. The Kier molecular flexibility index (Phi) is 5.76. The van der Waals surface area contributed by atoms with Gasteiger partial charge in [0, 0.05) is 18.2 Å². The van der Waals surface area contributed by atoms with Crippen LogP contribution in [-0.2, 0) is 10.0 Å². The number of aryl methyl sites for hydroxylation is 2. The number of phenolic OH excluding ortho intramolecular Hbond substituents is 1. The van der Waals surface area contributed by atoms with E-state index in [0.29, 0.717) is 23.4 Å². The number of nitrogens with one attached hydrogen (secondary N) is 1. The Hall–Kier alpha value is -2.38. The van der Waals surface area contributed by atoms with Gasteiger partial charge in [-0.15, -0.1) is 0 Å². The Morgan fingerprint density at radius 1 is 1.14 bits per heavy atom. The first kappa shape index (κ1) is 20.4. The Morgan fingerprint density at radius 2 is 1.89 bits per heavy atom. The molecule has 3 rings (SSSR count). The SMILES string of the molecule is Cc1ccc(S(=O)(=O)N2CCCCC2C)cc1C(=O)Nc1cccc(C)c1O. The van der Waals surface area contributed by atoms with E-state index in [4.69, 9.17) is 0 Å².